The number of carbonyl (C=O) groups is 1. The molecule has 0 aromatic rings. The van der Waals surface area contributed by atoms with Gasteiger partial charge in [-0.1, -0.05) is 194 Å². The lowest BCUT2D eigenvalue weighted by Crippen LogP contribution is -2.60. The number of rotatable bonds is 38. The molecule has 0 aromatic heterocycles. The largest absolute Gasteiger partial charge is 0.394 e. The van der Waals surface area contributed by atoms with Crippen LogP contribution in [-0.2, 0) is 14.3 Å². The first-order valence-corrected chi connectivity index (χ1v) is 22.8. The molecule has 0 spiro atoms. The van der Waals surface area contributed by atoms with Crippen LogP contribution in [0, 0.1) is 0 Å². The molecule has 1 aliphatic heterocycles. The smallest absolute Gasteiger partial charge is 0.220 e. The Bertz CT molecular complexity index is 834. The lowest BCUT2D eigenvalue weighted by Gasteiger charge is -2.40. The van der Waals surface area contributed by atoms with E-state index in [-0.39, 0.29) is 18.9 Å². The van der Waals surface area contributed by atoms with Gasteiger partial charge in [0.2, 0.25) is 5.91 Å². The van der Waals surface area contributed by atoms with E-state index in [4.69, 9.17) is 9.47 Å². The van der Waals surface area contributed by atoms with Crippen LogP contribution < -0.4 is 5.32 Å². The highest BCUT2D eigenvalue weighted by molar-refractivity contribution is 5.76. The molecule has 7 N–H and O–H groups in total. The Morgan fingerprint density at radius 3 is 1.37 bits per heavy atom. The molecule has 0 bridgehead atoms. The summed E-state index contributed by atoms with van der Waals surface area (Å²) in [6.07, 6.45) is 27.0. The highest BCUT2D eigenvalue weighted by Crippen LogP contribution is 2.23. The molecule has 0 aromatic carbocycles. The molecule has 0 aliphatic carbocycles. The van der Waals surface area contributed by atoms with Gasteiger partial charge in [0.05, 0.1) is 25.4 Å². The number of hydrogen-bond donors (Lipinski definition) is 7. The Kier molecular flexibility index (Phi) is 33.5. The molecular weight excluding hydrogens is 686 g/mol. The van der Waals surface area contributed by atoms with Crippen LogP contribution in [0.2, 0.25) is 0 Å². The number of carbonyl (C=O) groups excluding carboxylic acids is 1. The molecule has 0 radical (unpaired) electrons. The molecule has 2 unspecified atom stereocenters. The van der Waals surface area contributed by atoms with Crippen molar-refractivity contribution in [3.8, 4) is 0 Å². The highest BCUT2D eigenvalue weighted by atomic mass is 16.7. The van der Waals surface area contributed by atoms with Gasteiger partial charge >= 0.3 is 0 Å². The van der Waals surface area contributed by atoms with E-state index in [1.165, 1.54) is 141 Å². The Morgan fingerprint density at radius 2 is 0.963 bits per heavy atom. The zero-order chi connectivity index (χ0) is 39.7. The maximum absolute atomic E-state index is 13.0. The van der Waals surface area contributed by atoms with Gasteiger partial charge in [0.25, 0.3) is 0 Å². The van der Waals surface area contributed by atoms with E-state index in [1.807, 2.05) is 0 Å². The molecule has 1 amide bonds. The molecule has 1 aliphatic rings. The summed E-state index contributed by atoms with van der Waals surface area (Å²) in [7, 11) is 0. The van der Waals surface area contributed by atoms with Gasteiger partial charge in [-0.05, 0) is 12.8 Å². The van der Waals surface area contributed by atoms with E-state index < -0.39 is 55.6 Å². The minimum absolute atomic E-state index is 0.255. The molecular formula is C44H87NO9. The van der Waals surface area contributed by atoms with Crippen LogP contribution in [0.1, 0.15) is 213 Å². The third-order valence-electron chi connectivity index (χ3n) is 11.3. The summed E-state index contributed by atoms with van der Waals surface area (Å²) in [6, 6.07) is -0.983. The third kappa shape index (κ3) is 25.4. The Hall–Kier alpha value is -0.850. The fourth-order valence-electron chi connectivity index (χ4n) is 7.55. The Balaban J connectivity index is 2.32. The van der Waals surface area contributed by atoms with Crippen molar-refractivity contribution in [2.24, 2.45) is 0 Å². The second-order valence-corrected chi connectivity index (χ2v) is 16.3. The summed E-state index contributed by atoms with van der Waals surface area (Å²) >= 11 is 0. The van der Waals surface area contributed by atoms with Crippen LogP contribution in [-0.4, -0.2) is 98.7 Å². The van der Waals surface area contributed by atoms with Crippen molar-refractivity contribution in [2.45, 2.75) is 262 Å². The molecule has 1 fully saturated rings. The van der Waals surface area contributed by atoms with Gasteiger partial charge in [0, 0.05) is 6.42 Å². The minimum atomic E-state index is -1.60. The summed E-state index contributed by atoms with van der Waals surface area (Å²) in [5, 5.41) is 64.9. The van der Waals surface area contributed by atoms with E-state index in [1.54, 1.807) is 0 Å². The molecule has 1 saturated heterocycles. The summed E-state index contributed by atoms with van der Waals surface area (Å²) in [6.45, 7) is 3.59. The number of ether oxygens (including phenoxy) is 2. The number of aliphatic hydroxyl groups excluding tert-OH is 6. The maximum atomic E-state index is 13.0. The van der Waals surface area contributed by atoms with Gasteiger partial charge in [-0.25, -0.2) is 0 Å². The van der Waals surface area contributed by atoms with Crippen LogP contribution in [0.25, 0.3) is 0 Å². The second-order valence-electron chi connectivity index (χ2n) is 16.3. The van der Waals surface area contributed by atoms with Crippen LogP contribution >= 0.6 is 0 Å². The predicted octanol–water partition coefficient (Wildman–Crippen LogP) is 8.14. The summed E-state index contributed by atoms with van der Waals surface area (Å²) in [4.78, 5) is 13.0. The van der Waals surface area contributed by atoms with Crippen molar-refractivity contribution >= 4 is 5.91 Å². The summed E-state index contributed by atoms with van der Waals surface area (Å²) in [5.41, 5.74) is 0. The van der Waals surface area contributed by atoms with Crippen LogP contribution in [0.5, 0.6) is 0 Å². The molecule has 10 nitrogen and oxygen atoms in total. The zero-order valence-corrected chi connectivity index (χ0v) is 34.9. The summed E-state index contributed by atoms with van der Waals surface area (Å²) in [5.74, 6) is -0.255. The lowest BCUT2D eigenvalue weighted by atomic mass is 9.98. The van der Waals surface area contributed by atoms with Gasteiger partial charge in [0.1, 0.15) is 30.5 Å². The molecule has 1 rings (SSSR count). The number of unbranched alkanes of at least 4 members (excludes halogenated alkanes) is 27. The number of hydrogen-bond acceptors (Lipinski definition) is 9. The minimum Gasteiger partial charge on any atom is -0.394 e. The van der Waals surface area contributed by atoms with Gasteiger partial charge in [-0.15, -0.1) is 0 Å². The average Bonchev–Trinajstić information content (AvgIpc) is 3.17. The Labute approximate surface area is 330 Å². The fraction of sp³-hybridized carbons (Fsp3) is 0.977. The summed E-state index contributed by atoms with van der Waals surface area (Å²) < 4.78 is 11.1. The van der Waals surface area contributed by atoms with E-state index >= 15 is 0 Å². The molecule has 322 valence electrons. The highest BCUT2D eigenvalue weighted by Gasteiger charge is 2.44. The van der Waals surface area contributed by atoms with E-state index in [0.29, 0.717) is 6.42 Å². The Morgan fingerprint density at radius 1 is 0.574 bits per heavy atom. The topological polar surface area (TPSA) is 169 Å². The average molecular weight is 774 g/mol. The van der Waals surface area contributed by atoms with E-state index in [9.17, 15) is 35.4 Å². The van der Waals surface area contributed by atoms with Crippen molar-refractivity contribution in [3.05, 3.63) is 0 Å². The standard InChI is InChI=1S/C44H87NO9/c1-3-5-7-9-11-13-14-15-16-17-18-19-20-21-22-23-25-27-29-31-33-39(48)45-36(35-53-44-43(52)42(51)41(50)38(34-46)54-44)40(49)37(47)32-30-28-26-24-12-10-8-6-4-2/h36-38,40-44,46-47,49-52H,3-35H2,1-2H3,(H,45,48)/t36-,37+,38+,40-,41+,42?,43?,44+/m0/s1. The lowest BCUT2D eigenvalue weighted by molar-refractivity contribution is -0.303. The number of amides is 1. The van der Waals surface area contributed by atoms with E-state index in [2.05, 4.69) is 19.2 Å². The van der Waals surface area contributed by atoms with Crippen LogP contribution in [0.3, 0.4) is 0 Å². The second kappa shape index (κ2) is 35.3. The predicted molar refractivity (Wildman–Crippen MR) is 218 cm³/mol. The van der Waals surface area contributed by atoms with Crippen molar-refractivity contribution in [2.75, 3.05) is 13.2 Å². The molecule has 1 heterocycles. The van der Waals surface area contributed by atoms with Crippen molar-refractivity contribution < 1.29 is 44.9 Å². The number of aliphatic hydroxyl groups is 6. The van der Waals surface area contributed by atoms with E-state index in [0.717, 1.165) is 44.9 Å². The molecule has 10 heteroatoms. The molecule has 8 atom stereocenters. The van der Waals surface area contributed by atoms with Gasteiger partial charge in [-0.2, -0.15) is 0 Å². The first kappa shape index (κ1) is 51.2. The fourth-order valence-corrected chi connectivity index (χ4v) is 7.55. The maximum Gasteiger partial charge on any atom is 0.220 e. The quantitative estimate of drug-likeness (QED) is 0.0306. The van der Waals surface area contributed by atoms with Crippen molar-refractivity contribution in [1.29, 1.82) is 0 Å². The normalized spacial score (nSPS) is 22.0. The SMILES string of the molecule is CCCCCCCCCCCCCCCCCCCCCCC(=O)N[C@@H](CO[C@@H]1O[C@H](CO)[C@@H](O)C(O)C1O)[C@H](O)[C@H](O)CCCCCCCCCCC. The van der Waals surface area contributed by atoms with Gasteiger partial charge in [0.15, 0.2) is 6.29 Å². The van der Waals surface area contributed by atoms with Gasteiger partial charge < -0.3 is 45.4 Å². The zero-order valence-electron chi connectivity index (χ0n) is 34.9. The third-order valence-corrected chi connectivity index (χ3v) is 11.3. The first-order chi connectivity index (χ1) is 26.3. The van der Waals surface area contributed by atoms with Crippen molar-refractivity contribution in [1.82, 2.24) is 5.32 Å². The molecule has 0 saturated carbocycles. The molecule has 54 heavy (non-hydrogen) atoms. The monoisotopic (exact) mass is 774 g/mol. The first-order valence-electron chi connectivity index (χ1n) is 22.8. The van der Waals surface area contributed by atoms with Gasteiger partial charge in [-0.3, -0.25) is 4.79 Å². The van der Waals surface area contributed by atoms with Crippen LogP contribution in [0.15, 0.2) is 0 Å². The van der Waals surface area contributed by atoms with Crippen LogP contribution in [0.4, 0.5) is 0 Å². The van der Waals surface area contributed by atoms with Crippen molar-refractivity contribution in [3.63, 3.8) is 0 Å². The number of nitrogens with one attached hydrogen (secondary N) is 1.